The maximum Gasteiger partial charge on any atom is 0.269 e. The number of carbonyl (C=O) groups excluding carboxylic acids is 2. The lowest BCUT2D eigenvalue weighted by Crippen LogP contribution is -2.38. The van der Waals surface area contributed by atoms with Gasteiger partial charge in [-0.2, -0.15) is 0 Å². The van der Waals surface area contributed by atoms with Crippen LogP contribution < -0.4 is 15.0 Å². The second kappa shape index (κ2) is 11.7. The zero-order valence-electron chi connectivity index (χ0n) is 22.8. The summed E-state index contributed by atoms with van der Waals surface area (Å²) in [5.41, 5.74) is 4.35. The van der Waals surface area contributed by atoms with E-state index in [2.05, 4.69) is 12.2 Å². The molecule has 206 valence electrons. The van der Waals surface area contributed by atoms with Gasteiger partial charge >= 0.3 is 0 Å². The predicted octanol–water partition coefficient (Wildman–Crippen LogP) is 7.08. The number of allylic oxidation sites excluding steroid dienone is 1. The first-order valence-electron chi connectivity index (χ1n) is 13.7. The van der Waals surface area contributed by atoms with E-state index in [-0.39, 0.29) is 29.7 Å². The van der Waals surface area contributed by atoms with Crippen LogP contribution in [0.2, 0.25) is 0 Å². The molecule has 2 aliphatic rings. The number of nitrogens with one attached hydrogen (secondary N) is 1. The van der Waals surface area contributed by atoms with Crippen LogP contribution in [0.5, 0.6) is 5.75 Å². The lowest BCUT2D eigenvalue weighted by molar-refractivity contribution is -0.384. The van der Waals surface area contributed by atoms with Crippen molar-refractivity contribution >= 4 is 28.8 Å². The van der Waals surface area contributed by atoms with E-state index in [4.69, 9.17) is 4.74 Å². The lowest BCUT2D eigenvalue weighted by atomic mass is 9.78. The SMILES string of the molecule is CCCCCC(=O)N1c2ccccc2NC2=C(C(=O)C[C@H](c3cccc([N+](=O)[O-])c3)C2)[C@@H]1c1ccc(OC)cc1. The van der Waals surface area contributed by atoms with Gasteiger partial charge in [-0.15, -0.1) is 0 Å². The monoisotopic (exact) mass is 539 g/mol. The number of para-hydroxylation sites is 2. The number of nitro benzene ring substituents is 1. The summed E-state index contributed by atoms with van der Waals surface area (Å²) in [6.07, 6.45) is 3.78. The molecule has 1 aliphatic carbocycles. The van der Waals surface area contributed by atoms with E-state index in [1.54, 1.807) is 24.1 Å². The minimum Gasteiger partial charge on any atom is -0.497 e. The quantitative estimate of drug-likeness (QED) is 0.186. The van der Waals surface area contributed by atoms with Gasteiger partial charge < -0.3 is 10.1 Å². The van der Waals surface area contributed by atoms with Crippen LogP contribution in [0.25, 0.3) is 0 Å². The van der Waals surface area contributed by atoms with E-state index in [0.717, 1.165) is 47.5 Å². The van der Waals surface area contributed by atoms with Crippen LogP contribution in [0, 0.1) is 10.1 Å². The van der Waals surface area contributed by atoms with Gasteiger partial charge in [-0.1, -0.05) is 56.2 Å². The van der Waals surface area contributed by atoms with Crippen LogP contribution in [0.3, 0.4) is 0 Å². The summed E-state index contributed by atoms with van der Waals surface area (Å²) in [6, 6.07) is 21.0. The number of anilines is 2. The molecule has 1 aliphatic heterocycles. The number of benzene rings is 3. The van der Waals surface area contributed by atoms with Crippen molar-refractivity contribution in [3.63, 3.8) is 0 Å². The number of hydrogen-bond donors (Lipinski definition) is 1. The average Bonchev–Trinajstić information content (AvgIpc) is 3.12. The highest BCUT2D eigenvalue weighted by Gasteiger charge is 2.41. The Morgan fingerprint density at radius 2 is 1.80 bits per heavy atom. The zero-order chi connectivity index (χ0) is 28.2. The van der Waals surface area contributed by atoms with Crippen molar-refractivity contribution < 1.29 is 19.2 Å². The summed E-state index contributed by atoms with van der Waals surface area (Å²) in [6.45, 7) is 2.10. The van der Waals surface area contributed by atoms with Crippen LogP contribution in [-0.2, 0) is 9.59 Å². The molecular weight excluding hydrogens is 506 g/mol. The number of hydrogen-bond acceptors (Lipinski definition) is 6. The largest absolute Gasteiger partial charge is 0.497 e. The van der Waals surface area contributed by atoms with Crippen LogP contribution >= 0.6 is 0 Å². The molecule has 0 aromatic heterocycles. The van der Waals surface area contributed by atoms with Gasteiger partial charge in [0.25, 0.3) is 5.69 Å². The summed E-state index contributed by atoms with van der Waals surface area (Å²) in [4.78, 5) is 40.8. The molecule has 1 heterocycles. The molecule has 0 unspecified atom stereocenters. The second-order valence-corrected chi connectivity index (χ2v) is 10.3. The van der Waals surface area contributed by atoms with Gasteiger partial charge in [0, 0.05) is 36.2 Å². The Bertz CT molecular complexity index is 1460. The first-order chi connectivity index (χ1) is 19.4. The average molecular weight is 540 g/mol. The number of rotatable bonds is 8. The smallest absolute Gasteiger partial charge is 0.269 e. The van der Waals surface area contributed by atoms with E-state index in [9.17, 15) is 19.7 Å². The summed E-state index contributed by atoms with van der Waals surface area (Å²) in [5, 5.41) is 14.9. The molecule has 0 fully saturated rings. The standard InChI is InChI=1S/C32H33N3O5/c1-3-4-5-13-30(37)34-28-12-7-6-11-26(28)33-27-19-23(22-9-8-10-24(18-22)35(38)39)20-29(36)31(27)32(34)21-14-16-25(40-2)17-15-21/h6-12,14-18,23,32-33H,3-5,13,19-20H2,1-2H3/t23-,32+/m1/s1. The third-order valence-electron chi connectivity index (χ3n) is 7.74. The molecule has 5 rings (SSSR count). The molecule has 3 aromatic rings. The van der Waals surface area contributed by atoms with E-state index >= 15 is 0 Å². The fourth-order valence-corrected chi connectivity index (χ4v) is 5.74. The first kappa shape index (κ1) is 27.1. The van der Waals surface area contributed by atoms with Crippen molar-refractivity contribution in [1.82, 2.24) is 0 Å². The van der Waals surface area contributed by atoms with Crippen molar-refractivity contribution in [3.8, 4) is 5.75 Å². The maximum absolute atomic E-state index is 14.1. The Kier molecular flexibility index (Phi) is 7.96. The normalized spacial score (nSPS) is 18.4. The Balaban J connectivity index is 1.65. The number of methoxy groups -OCH3 is 1. The third-order valence-corrected chi connectivity index (χ3v) is 7.74. The van der Waals surface area contributed by atoms with Crippen molar-refractivity contribution in [2.75, 3.05) is 17.3 Å². The number of fused-ring (bicyclic) bond motifs is 1. The molecule has 8 nitrogen and oxygen atoms in total. The molecule has 8 heteroatoms. The van der Waals surface area contributed by atoms with Crippen molar-refractivity contribution in [1.29, 1.82) is 0 Å². The van der Waals surface area contributed by atoms with E-state index < -0.39 is 11.0 Å². The van der Waals surface area contributed by atoms with Crippen molar-refractivity contribution in [2.24, 2.45) is 0 Å². The number of carbonyl (C=O) groups is 2. The lowest BCUT2D eigenvalue weighted by Gasteiger charge is -2.35. The predicted molar refractivity (Wildman–Crippen MR) is 155 cm³/mol. The summed E-state index contributed by atoms with van der Waals surface area (Å²) < 4.78 is 5.37. The number of non-ortho nitro benzene ring substituents is 1. The van der Waals surface area contributed by atoms with Gasteiger partial charge in [0.1, 0.15) is 5.75 Å². The van der Waals surface area contributed by atoms with Gasteiger partial charge in [0.05, 0.1) is 29.4 Å². The number of ketones is 1. The van der Waals surface area contributed by atoms with E-state index in [1.165, 1.54) is 6.07 Å². The minimum atomic E-state index is -0.621. The Morgan fingerprint density at radius 1 is 1.02 bits per heavy atom. The summed E-state index contributed by atoms with van der Waals surface area (Å²) in [5.74, 6) is 0.344. The summed E-state index contributed by atoms with van der Waals surface area (Å²) >= 11 is 0. The van der Waals surface area contributed by atoms with Crippen LogP contribution in [0.1, 0.15) is 68.5 Å². The number of ether oxygens (including phenoxy) is 1. The second-order valence-electron chi connectivity index (χ2n) is 10.3. The van der Waals surface area contributed by atoms with Gasteiger partial charge in [0.2, 0.25) is 5.91 Å². The third kappa shape index (κ3) is 5.34. The molecule has 40 heavy (non-hydrogen) atoms. The Hall–Kier alpha value is -4.46. The number of Topliss-reactive ketones (excluding diaryl/α,β-unsaturated/α-hetero) is 1. The van der Waals surface area contributed by atoms with Gasteiger partial charge in [-0.3, -0.25) is 24.6 Å². The van der Waals surface area contributed by atoms with E-state index in [0.29, 0.717) is 24.2 Å². The highest BCUT2D eigenvalue weighted by molar-refractivity contribution is 6.06. The number of amides is 1. The highest BCUT2D eigenvalue weighted by Crippen LogP contribution is 2.48. The molecule has 2 atom stereocenters. The van der Waals surface area contributed by atoms with Crippen LogP contribution in [0.15, 0.2) is 84.1 Å². The van der Waals surface area contributed by atoms with Gasteiger partial charge in [-0.25, -0.2) is 0 Å². The molecule has 3 aromatic carbocycles. The Morgan fingerprint density at radius 3 is 2.52 bits per heavy atom. The molecular formula is C32H33N3O5. The summed E-state index contributed by atoms with van der Waals surface area (Å²) in [7, 11) is 1.60. The molecule has 0 saturated heterocycles. The fourth-order valence-electron chi connectivity index (χ4n) is 5.74. The first-order valence-corrected chi connectivity index (χ1v) is 13.7. The zero-order valence-corrected chi connectivity index (χ0v) is 22.8. The molecule has 0 saturated carbocycles. The molecule has 0 radical (unpaired) electrons. The topological polar surface area (TPSA) is 102 Å². The van der Waals surface area contributed by atoms with Crippen LogP contribution in [-0.4, -0.2) is 23.7 Å². The number of nitrogens with zero attached hydrogens (tertiary/aromatic N) is 2. The van der Waals surface area contributed by atoms with Gasteiger partial charge in [-0.05, 0) is 54.2 Å². The Labute approximate surface area is 233 Å². The van der Waals surface area contributed by atoms with Crippen LogP contribution in [0.4, 0.5) is 17.1 Å². The molecule has 0 bridgehead atoms. The number of nitro groups is 1. The molecule has 0 spiro atoms. The van der Waals surface area contributed by atoms with Gasteiger partial charge in [0.15, 0.2) is 5.78 Å². The van der Waals surface area contributed by atoms with E-state index in [1.807, 2.05) is 54.6 Å². The highest BCUT2D eigenvalue weighted by atomic mass is 16.6. The van der Waals surface area contributed by atoms with Crippen molar-refractivity contribution in [2.45, 2.75) is 57.4 Å². The fraction of sp³-hybridized carbons (Fsp3) is 0.312. The molecule has 1 N–H and O–H groups in total. The maximum atomic E-state index is 14.1. The van der Waals surface area contributed by atoms with Crippen molar-refractivity contribution in [3.05, 3.63) is 105 Å². The molecule has 1 amide bonds. The number of unbranched alkanes of at least 4 members (excludes halogenated alkanes) is 2. The minimum absolute atomic E-state index is 0.00357.